The second-order valence-electron chi connectivity index (χ2n) is 9.97. The Morgan fingerprint density at radius 2 is 1.48 bits per heavy atom. The van der Waals surface area contributed by atoms with Gasteiger partial charge in [-0.3, -0.25) is 0 Å². The van der Waals surface area contributed by atoms with Crippen molar-refractivity contribution >= 4 is 0 Å². The molecule has 0 saturated heterocycles. The third kappa shape index (κ3) is 6.77. The van der Waals surface area contributed by atoms with Gasteiger partial charge in [0.1, 0.15) is 5.75 Å². The van der Waals surface area contributed by atoms with Gasteiger partial charge in [-0.15, -0.1) is 0 Å². The lowest BCUT2D eigenvalue weighted by Gasteiger charge is -2.35. The van der Waals surface area contributed by atoms with E-state index in [0.29, 0.717) is 6.61 Å². The molecule has 1 nitrogen and oxygen atoms in total. The van der Waals surface area contributed by atoms with E-state index in [9.17, 15) is 0 Å². The average molecular weight is 441 g/mol. The highest BCUT2D eigenvalue weighted by Gasteiger charge is 2.28. The van der Waals surface area contributed by atoms with Crippen molar-refractivity contribution in [2.45, 2.75) is 78.1 Å². The normalized spacial score (nSPS) is 22.7. The van der Waals surface area contributed by atoms with Gasteiger partial charge in [-0.2, -0.15) is 0 Å². The van der Waals surface area contributed by atoms with E-state index in [1.54, 1.807) is 0 Å². The molecular weight excluding hydrogens is 400 g/mol. The molecule has 0 heterocycles. The van der Waals surface area contributed by atoms with Gasteiger partial charge in [0, 0.05) is 5.56 Å². The number of hydrogen-bond acceptors (Lipinski definition) is 1. The third-order valence-corrected chi connectivity index (χ3v) is 7.73. The summed E-state index contributed by atoms with van der Waals surface area (Å²) in [5.74, 6) is 10.7. The molecule has 33 heavy (non-hydrogen) atoms. The maximum Gasteiger partial charge on any atom is 0.119 e. The molecule has 1 unspecified atom stereocenters. The Kier molecular flexibility index (Phi) is 8.71. The van der Waals surface area contributed by atoms with Crippen molar-refractivity contribution in [3.8, 4) is 28.7 Å². The molecule has 4 rings (SSSR count). The number of benzene rings is 2. The molecule has 1 heteroatoms. The van der Waals surface area contributed by atoms with Crippen LogP contribution in [0.15, 0.2) is 60.2 Å². The Bertz CT molecular complexity index is 946. The van der Waals surface area contributed by atoms with E-state index in [-0.39, 0.29) is 0 Å². The summed E-state index contributed by atoms with van der Waals surface area (Å²) < 4.78 is 5.54. The van der Waals surface area contributed by atoms with E-state index in [1.807, 2.05) is 19.1 Å². The summed E-state index contributed by atoms with van der Waals surface area (Å²) >= 11 is 0. The predicted molar refractivity (Wildman–Crippen MR) is 140 cm³/mol. The van der Waals surface area contributed by atoms with Gasteiger partial charge in [0.05, 0.1) is 6.61 Å². The van der Waals surface area contributed by atoms with Crippen molar-refractivity contribution in [1.29, 1.82) is 0 Å². The largest absolute Gasteiger partial charge is 0.494 e. The quantitative estimate of drug-likeness (QED) is 0.391. The Balaban J connectivity index is 1.28. The summed E-state index contributed by atoms with van der Waals surface area (Å²) in [6, 6.07) is 16.9. The first-order valence-electron chi connectivity index (χ1n) is 13.3. The van der Waals surface area contributed by atoms with Crippen LogP contribution in [0.5, 0.6) is 5.75 Å². The molecule has 0 N–H and O–H groups in total. The molecule has 0 aromatic heterocycles. The lowest BCUT2D eigenvalue weighted by atomic mass is 9.71. The maximum absolute atomic E-state index is 5.54. The highest BCUT2D eigenvalue weighted by Crippen LogP contribution is 2.40. The molecular formula is C32H40O. The monoisotopic (exact) mass is 440 g/mol. The van der Waals surface area contributed by atoms with Gasteiger partial charge in [-0.25, -0.2) is 0 Å². The average Bonchev–Trinajstić information content (AvgIpc) is 2.88. The smallest absolute Gasteiger partial charge is 0.119 e. The fourth-order valence-corrected chi connectivity index (χ4v) is 5.65. The maximum atomic E-state index is 5.54. The summed E-state index contributed by atoms with van der Waals surface area (Å²) in [5.41, 5.74) is 4.86. The summed E-state index contributed by atoms with van der Waals surface area (Å²) in [5, 5.41) is 0. The second kappa shape index (κ2) is 12.1. The standard InChI is InChI=1S/C32H40O/c1-3-5-6-25-9-15-28(16-10-25)29-17-11-26(12-18-29)7-8-27-13-19-30(20-14-27)31-21-23-32(24-22-31)33-4-2/h11,13-14,19-25,28-29H,3-6,9-10,12,15-18H2,1-2H3. The van der Waals surface area contributed by atoms with Gasteiger partial charge in [-0.1, -0.05) is 81.2 Å². The van der Waals surface area contributed by atoms with Crippen molar-refractivity contribution in [3.63, 3.8) is 0 Å². The van der Waals surface area contributed by atoms with Crippen LogP contribution in [-0.2, 0) is 0 Å². The van der Waals surface area contributed by atoms with Crippen molar-refractivity contribution < 1.29 is 4.74 Å². The van der Waals surface area contributed by atoms with Crippen LogP contribution in [0, 0.1) is 29.6 Å². The van der Waals surface area contributed by atoms with E-state index in [0.717, 1.165) is 35.5 Å². The highest BCUT2D eigenvalue weighted by atomic mass is 16.5. The van der Waals surface area contributed by atoms with Crippen LogP contribution < -0.4 is 4.74 Å². The summed E-state index contributed by atoms with van der Waals surface area (Å²) in [6.07, 6.45) is 16.3. The SMILES string of the molecule is CCCCC1CCC(C2CC=C(C#Cc3ccc(-c4ccc(OCC)cc4)cc3)CC2)CC1. The summed E-state index contributed by atoms with van der Waals surface area (Å²) in [7, 11) is 0. The second-order valence-corrected chi connectivity index (χ2v) is 9.97. The zero-order valence-corrected chi connectivity index (χ0v) is 20.6. The number of unbranched alkanes of at least 4 members (excludes halogenated alkanes) is 1. The molecule has 1 saturated carbocycles. The van der Waals surface area contributed by atoms with Gasteiger partial charge >= 0.3 is 0 Å². The van der Waals surface area contributed by atoms with E-state index < -0.39 is 0 Å². The first kappa shape index (κ1) is 23.7. The Morgan fingerprint density at radius 3 is 2.09 bits per heavy atom. The number of rotatable bonds is 7. The van der Waals surface area contributed by atoms with Crippen molar-refractivity contribution in [1.82, 2.24) is 0 Å². The predicted octanol–water partition coefficient (Wildman–Crippen LogP) is 8.83. The van der Waals surface area contributed by atoms with Crippen LogP contribution in [0.4, 0.5) is 0 Å². The summed E-state index contributed by atoms with van der Waals surface area (Å²) in [6.45, 7) is 5.03. The fourth-order valence-electron chi connectivity index (χ4n) is 5.65. The molecule has 0 aliphatic heterocycles. The van der Waals surface area contributed by atoms with Crippen LogP contribution >= 0.6 is 0 Å². The zero-order chi connectivity index (χ0) is 22.9. The van der Waals surface area contributed by atoms with E-state index in [1.165, 1.54) is 74.5 Å². The van der Waals surface area contributed by atoms with Crippen molar-refractivity contribution in [3.05, 3.63) is 65.7 Å². The Labute approximate surface area is 201 Å². The van der Waals surface area contributed by atoms with E-state index in [4.69, 9.17) is 4.74 Å². The summed E-state index contributed by atoms with van der Waals surface area (Å²) in [4.78, 5) is 0. The van der Waals surface area contributed by atoms with E-state index >= 15 is 0 Å². The van der Waals surface area contributed by atoms with Crippen LogP contribution in [0.25, 0.3) is 11.1 Å². The molecule has 2 aromatic carbocycles. The highest BCUT2D eigenvalue weighted by molar-refractivity contribution is 5.65. The number of ether oxygens (including phenoxy) is 1. The molecule has 2 aliphatic carbocycles. The number of hydrogen-bond donors (Lipinski definition) is 0. The Hall–Kier alpha value is -2.46. The van der Waals surface area contributed by atoms with Crippen LogP contribution in [-0.4, -0.2) is 6.61 Å². The van der Waals surface area contributed by atoms with Gasteiger partial charge < -0.3 is 4.74 Å². The topological polar surface area (TPSA) is 9.23 Å². The zero-order valence-electron chi connectivity index (χ0n) is 20.6. The van der Waals surface area contributed by atoms with Crippen LogP contribution in [0.1, 0.15) is 83.6 Å². The van der Waals surface area contributed by atoms with Crippen LogP contribution in [0.2, 0.25) is 0 Å². The van der Waals surface area contributed by atoms with Gasteiger partial charge in [0.15, 0.2) is 0 Å². The minimum atomic E-state index is 0.698. The minimum Gasteiger partial charge on any atom is -0.494 e. The van der Waals surface area contributed by atoms with Crippen LogP contribution in [0.3, 0.4) is 0 Å². The molecule has 0 amide bonds. The molecule has 2 aromatic rings. The molecule has 0 bridgehead atoms. The van der Waals surface area contributed by atoms with Crippen molar-refractivity contribution in [2.24, 2.45) is 17.8 Å². The molecule has 0 radical (unpaired) electrons. The van der Waals surface area contributed by atoms with Crippen molar-refractivity contribution in [2.75, 3.05) is 6.61 Å². The third-order valence-electron chi connectivity index (χ3n) is 7.73. The lowest BCUT2D eigenvalue weighted by molar-refractivity contribution is 0.186. The first-order chi connectivity index (χ1) is 16.2. The molecule has 1 atom stereocenters. The van der Waals surface area contributed by atoms with Gasteiger partial charge in [0.2, 0.25) is 0 Å². The number of allylic oxidation sites excluding steroid dienone is 2. The van der Waals surface area contributed by atoms with E-state index in [2.05, 4.69) is 61.2 Å². The van der Waals surface area contributed by atoms with Gasteiger partial charge in [-0.05, 0) is 97.7 Å². The van der Waals surface area contributed by atoms with Gasteiger partial charge in [0.25, 0.3) is 0 Å². The first-order valence-corrected chi connectivity index (χ1v) is 13.3. The molecule has 174 valence electrons. The fraction of sp³-hybridized carbons (Fsp3) is 0.500. The molecule has 2 aliphatic rings. The molecule has 1 fully saturated rings. The lowest BCUT2D eigenvalue weighted by Crippen LogP contribution is -2.23. The Morgan fingerprint density at radius 1 is 0.788 bits per heavy atom. The minimum absolute atomic E-state index is 0.698. The molecule has 0 spiro atoms.